The van der Waals surface area contributed by atoms with Crippen LogP contribution in [0.25, 0.3) is 0 Å². The molecule has 0 bridgehead atoms. The lowest BCUT2D eigenvalue weighted by Crippen LogP contribution is -2.30. The monoisotopic (exact) mass is 430 g/mol. The van der Waals surface area contributed by atoms with Crippen molar-refractivity contribution >= 4 is 35.1 Å². The number of esters is 1. The topological polar surface area (TPSA) is 102 Å². The summed E-state index contributed by atoms with van der Waals surface area (Å²) < 4.78 is 11.0. The molecule has 3 aromatic rings. The predicted molar refractivity (Wildman–Crippen MR) is 116 cm³/mol. The van der Waals surface area contributed by atoms with Crippen LogP contribution in [0, 0.1) is 0 Å². The van der Waals surface area contributed by atoms with Crippen molar-refractivity contribution < 1.29 is 28.7 Å². The number of fused-ring (bicyclic) bond motifs is 1. The molecule has 0 spiro atoms. The second kappa shape index (κ2) is 8.35. The molecular formula is C24H18N2O6. The number of anilines is 2. The summed E-state index contributed by atoms with van der Waals surface area (Å²) in [4.78, 5) is 49.5. The molecule has 0 unspecified atom stereocenters. The zero-order valence-electron chi connectivity index (χ0n) is 17.2. The van der Waals surface area contributed by atoms with Gasteiger partial charge in [0.15, 0.2) is 5.75 Å². The highest BCUT2D eigenvalue weighted by molar-refractivity contribution is 6.35. The van der Waals surface area contributed by atoms with Crippen molar-refractivity contribution in [3.63, 3.8) is 0 Å². The van der Waals surface area contributed by atoms with Gasteiger partial charge >= 0.3 is 5.97 Å². The minimum Gasteiger partial charge on any atom is -0.457 e. The lowest BCUT2D eigenvalue weighted by atomic mass is 10.1. The molecule has 1 heterocycles. The highest BCUT2D eigenvalue weighted by atomic mass is 16.5. The number of nitrogens with zero attached hydrogens (tertiary/aromatic N) is 1. The Morgan fingerprint density at radius 1 is 0.812 bits per heavy atom. The number of benzene rings is 3. The maximum Gasteiger partial charge on any atom is 0.308 e. The van der Waals surface area contributed by atoms with Gasteiger partial charge in [-0.05, 0) is 54.6 Å². The van der Waals surface area contributed by atoms with Gasteiger partial charge in [-0.1, -0.05) is 12.1 Å². The van der Waals surface area contributed by atoms with Crippen molar-refractivity contribution in [2.24, 2.45) is 0 Å². The van der Waals surface area contributed by atoms with Gasteiger partial charge in [0.25, 0.3) is 11.8 Å². The number of rotatable bonds is 5. The van der Waals surface area contributed by atoms with E-state index in [0.29, 0.717) is 17.2 Å². The van der Waals surface area contributed by atoms with Gasteiger partial charge in [-0.25, -0.2) is 4.90 Å². The van der Waals surface area contributed by atoms with E-state index in [1.54, 1.807) is 42.5 Å². The number of carbonyl (C=O) groups excluding carboxylic acids is 4. The number of hydrogen-bond donors (Lipinski definition) is 1. The molecule has 3 amide bonds. The number of imide groups is 1. The molecule has 0 atom stereocenters. The minimum absolute atomic E-state index is 0.116. The van der Waals surface area contributed by atoms with Gasteiger partial charge in [0, 0.05) is 19.5 Å². The standard InChI is InChI=1S/C24H18N2O6/c1-14(27)25-16-7-9-17(10-8-16)32-18-11-12-19-20(13-18)24(30)26(23(19)29)21-5-3-4-6-22(21)31-15(2)28/h3-13H,1-2H3,(H,25,27). The number of para-hydroxylation sites is 2. The first-order valence-corrected chi connectivity index (χ1v) is 9.69. The summed E-state index contributed by atoms with van der Waals surface area (Å²) in [6.45, 7) is 2.66. The largest absolute Gasteiger partial charge is 0.457 e. The van der Waals surface area contributed by atoms with E-state index in [1.807, 2.05) is 0 Å². The number of carbonyl (C=O) groups is 4. The van der Waals surface area contributed by atoms with Crippen LogP contribution in [0.5, 0.6) is 17.2 Å². The Balaban J connectivity index is 1.60. The van der Waals surface area contributed by atoms with Gasteiger partial charge in [-0.15, -0.1) is 0 Å². The molecule has 0 fully saturated rings. The first-order valence-electron chi connectivity index (χ1n) is 9.69. The Bertz CT molecular complexity index is 1250. The van der Waals surface area contributed by atoms with E-state index in [9.17, 15) is 19.2 Å². The summed E-state index contributed by atoms with van der Waals surface area (Å²) in [5, 5.41) is 2.66. The van der Waals surface area contributed by atoms with Crippen LogP contribution in [-0.4, -0.2) is 23.7 Å². The maximum absolute atomic E-state index is 13.1. The van der Waals surface area contributed by atoms with Gasteiger partial charge in [-0.3, -0.25) is 19.2 Å². The Hall–Kier alpha value is -4.46. The molecule has 0 aliphatic carbocycles. The maximum atomic E-state index is 13.1. The molecule has 3 aromatic carbocycles. The summed E-state index contributed by atoms with van der Waals surface area (Å²) in [6, 6.07) is 17.7. The van der Waals surface area contributed by atoms with Crippen molar-refractivity contribution in [3.05, 3.63) is 77.9 Å². The van der Waals surface area contributed by atoms with Crippen LogP contribution in [0.1, 0.15) is 34.6 Å². The fraction of sp³-hybridized carbons (Fsp3) is 0.0833. The van der Waals surface area contributed by atoms with Crippen LogP contribution >= 0.6 is 0 Å². The lowest BCUT2D eigenvalue weighted by Gasteiger charge is -2.17. The summed E-state index contributed by atoms with van der Waals surface area (Å²) >= 11 is 0. The third kappa shape index (κ3) is 4.06. The molecule has 1 N–H and O–H groups in total. The molecule has 0 radical (unpaired) electrons. The van der Waals surface area contributed by atoms with Gasteiger partial charge < -0.3 is 14.8 Å². The van der Waals surface area contributed by atoms with Crippen LogP contribution in [0.15, 0.2) is 66.7 Å². The highest BCUT2D eigenvalue weighted by Gasteiger charge is 2.38. The number of ether oxygens (including phenoxy) is 2. The smallest absolute Gasteiger partial charge is 0.308 e. The summed E-state index contributed by atoms with van der Waals surface area (Å²) in [6.07, 6.45) is 0. The normalized spacial score (nSPS) is 12.4. The first kappa shape index (κ1) is 20.8. The molecule has 4 rings (SSSR count). The minimum atomic E-state index is -0.561. The zero-order chi connectivity index (χ0) is 22.8. The molecule has 1 aliphatic heterocycles. The Morgan fingerprint density at radius 3 is 2.16 bits per heavy atom. The Morgan fingerprint density at radius 2 is 1.47 bits per heavy atom. The van der Waals surface area contributed by atoms with Crippen molar-refractivity contribution in [1.82, 2.24) is 0 Å². The van der Waals surface area contributed by atoms with Crippen LogP contribution in [0.2, 0.25) is 0 Å². The van der Waals surface area contributed by atoms with E-state index in [0.717, 1.165) is 4.90 Å². The molecule has 0 saturated carbocycles. The highest BCUT2D eigenvalue weighted by Crippen LogP contribution is 2.36. The quantitative estimate of drug-likeness (QED) is 0.370. The summed E-state index contributed by atoms with van der Waals surface area (Å²) in [5.41, 5.74) is 1.22. The van der Waals surface area contributed by atoms with E-state index in [1.165, 1.54) is 38.1 Å². The first-order chi connectivity index (χ1) is 15.3. The van der Waals surface area contributed by atoms with Gasteiger partial charge in [0.2, 0.25) is 5.91 Å². The van der Waals surface area contributed by atoms with Crippen molar-refractivity contribution in [3.8, 4) is 17.2 Å². The van der Waals surface area contributed by atoms with Crippen molar-refractivity contribution in [2.75, 3.05) is 10.2 Å². The number of nitrogens with one attached hydrogen (secondary N) is 1. The fourth-order valence-electron chi connectivity index (χ4n) is 3.33. The van der Waals surface area contributed by atoms with E-state index in [-0.39, 0.29) is 28.5 Å². The third-order valence-corrected chi connectivity index (χ3v) is 4.63. The van der Waals surface area contributed by atoms with Crippen molar-refractivity contribution in [1.29, 1.82) is 0 Å². The second-order valence-corrected chi connectivity index (χ2v) is 7.02. The van der Waals surface area contributed by atoms with Gasteiger partial charge in [-0.2, -0.15) is 0 Å². The van der Waals surface area contributed by atoms with Crippen LogP contribution in [-0.2, 0) is 9.59 Å². The summed E-state index contributed by atoms with van der Waals surface area (Å²) in [7, 11) is 0. The fourth-order valence-corrected chi connectivity index (χ4v) is 3.33. The lowest BCUT2D eigenvalue weighted by molar-refractivity contribution is -0.131. The SMILES string of the molecule is CC(=O)Nc1ccc(Oc2ccc3c(c2)C(=O)N(c2ccccc2OC(C)=O)C3=O)cc1. The zero-order valence-corrected chi connectivity index (χ0v) is 17.2. The molecule has 0 saturated heterocycles. The predicted octanol–water partition coefficient (Wildman–Crippen LogP) is 4.16. The third-order valence-electron chi connectivity index (χ3n) is 4.63. The molecule has 160 valence electrons. The van der Waals surface area contributed by atoms with Crippen molar-refractivity contribution in [2.45, 2.75) is 13.8 Å². The number of hydrogen-bond acceptors (Lipinski definition) is 6. The van der Waals surface area contributed by atoms with Crippen LogP contribution in [0.3, 0.4) is 0 Å². The molecule has 8 heteroatoms. The Kier molecular flexibility index (Phi) is 5.43. The summed E-state index contributed by atoms with van der Waals surface area (Å²) in [5.74, 6) is -0.827. The van der Waals surface area contributed by atoms with E-state index >= 15 is 0 Å². The van der Waals surface area contributed by atoms with Crippen LogP contribution < -0.4 is 19.7 Å². The average Bonchev–Trinajstić information content (AvgIpc) is 2.99. The van der Waals surface area contributed by atoms with E-state index < -0.39 is 17.8 Å². The average molecular weight is 430 g/mol. The molecule has 32 heavy (non-hydrogen) atoms. The number of amides is 3. The molecular weight excluding hydrogens is 412 g/mol. The van der Waals surface area contributed by atoms with E-state index in [4.69, 9.17) is 9.47 Å². The Labute approximate surface area is 183 Å². The van der Waals surface area contributed by atoms with E-state index in [2.05, 4.69) is 5.32 Å². The second-order valence-electron chi connectivity index (χ2n) is 7.02. The molecule has 0 aromatic heterocycles. The molecule has 8 nitrogen and oxygen atoms in total. The molecule has 1 aliphatic rings. The van der Waals surface area contributed by atoms with Gasteiger partial charge in [0.05, 0.1) is 16.8 Å². The van der Waals surface area contributed by atoms with Crippen LogP contribution in [0.4, 0.5) is 11.4 Å². The van der Waals surface area contributed by atoms with Gasteiger partial charge in [0.1, 0.15) is 11.5 Å².